The van der Waals surface area contributed by atoms with Crippen LogP contribution in [0.5, 0.6) is 0 Å². The van der Waals surface area contributed by atoms with Crippen LogP contribution in [0.2, 0.25) is 0 Å². The highest BCUT2D eigenvalue weighted by Gasteiger charge is 2.34. The summed E-state index contributed by atoms with van der Waals surface area (Å²) in [6.07, 6.45) is 4.36. The molecule has 0 bridgehead atoms. The maximum Gasteiger partial charge on any atom is 0.220 e. The van der Waals surface area contributed by atoms with Crippen LogP contribution in [0, 0.1) is 0 Å². The zero-order valence-electron chi connectivity index (χ0n) is 10.8. The Balaban J connectivity index is 2.37. The second-order valence-electron chi connectivity index (χ2n) is 5.03. The van der Waals surface area contributed by atoms with Gasteiger partial charge < -0.3 is 9.80 Å². The van der Waals surface area contributed by atoms with Crippen LogP contribution in [0.25, 0.3) is 0 Å². The maximum atomic E-state index is 11.5. The predicted molar refractivity (Wildman–Crippen MR) is 70.7 cm³/mol. The number of carbonyl (C=O) groups is 1. The Bertz CT molecular complexity index is 241. The molecule has 16 heavy (non-hydrogen) atoms. The molecule has 0 saturated heterocycles. The van der Waals surface area contributed by atoms with E-state index < -0.39 is 0 Å². The normalized spacial score (nSPS) is 19.6. The lowest BCUT2D eigenvalue weighted by Gasteiger charge is -2.29. The van der Waals surface area contributed by atoms with E-state index in [1.807, 2.05) is 4.90 Å². The fourth-order valence-corrected chi connectivity index (χ4v) is 2.35. The lowest BCUT2D eigenvalue weighted by Crippen LogP contribution is -2.38. The van der Waals surface area contributed by atoms with Gasteiger partial charge in [-0.1, -0.05) is 0 Å². The minimum atomic E-state index is 0.0902. The number of carbonyl (C=O) groups excluding carboxylic acids is 1. The van der Waals surface area contributed by atoms with Crippen molar-refractivity contribution in [3.8, 4) is 0 Å². The van der Waals surface area contributed by atoms with Crippen LogP contribution in [-0.4, -0.2) is 47.3 Å². The second-order valence-corrected chi connectivity index (χ2v) is 5.62. The molecule has 2 unspecified atom stereocenters. The summed E-state index contributed by atoms with van der Waals surface area (Å²) in [7, 11) is 4.17. The van der Waals surface area contributed by atoms with Gasteiger partial charge in [0.1, 0.15) is 0 Å². The monoisotopic (exact) mass is 244 g/mol. The number of amides is 1. The first kappa shape index (κ1) is 13.8. The van der Waals surface area contributed by atoms with E-state index in [0.29, 0.717) is 12.1 Å². The quantitative estimate of drug-likeness (QED) is 0.570. The molecule has 0 aromatic carbocycles. The third-order valence-electron chi connectivity index (χ3n) is 3.35. The summed E-state index contributed by atoms with van der Waals surface area (Å²) >= 11 is 4.57. The molecule has 1 rings (SSSR count). The van der Waals surface area contributed by atoms with Gasteiger partial charge in [0.25, 0.3) is 0 Å². The van der Waals surface area contributed by atoms with Crippen molar-refractivity contribution < 1.29 is 4.79 Å². The fraction of sp³-hybridized carbons (Fsp3) is 0.917. The van der Waals surface area contributed by atoms with Crippen LogP contribution in [0.3, 0.4) is 0 Å². The smallest absolute Gasteiger partial charge is 0.220 e. The molecule has 0 aromatic heterocycles. The van der Waals surface area contributed by atoms with Crippen LogP contribution < -0.4 is 0 Å². The number of hydrogen-bond acceptors (Lipinski definition) is 3. The van der Waals surface area contributed by atoms with Gasteiger partial charge in [-0.3, -0.25) is 4.79 Å². The molecule has 1 fully saturated rings. The largest absolute Gasteiger partial charge is 0.328 e. The molecule has 0 spiro atoms. The Kier molecular flexibility index (Phi) is 5.12. The maximum absolute atomic E-state index is 11.5. The van der Waals surface area contributed by atoms with Gasteiger partial charge in [0.15, 0.2) is 0 Å². The lowest BCUT2D eigenvalue weighted by atomic mass is 10.1. The van der Waals surface area contributed by atoms with E-state index in [-0.39, 0.29) is 11.3 Å². The number of hydrogen-bond donors (Lipinski definition) is 1. The SMILES string of the molecule is CC(=O)N(C(S)CCC(C)N(C)C)C1CC1. The third kappa shape index (κ3) is 3.98. The third-order valence-corrected chi connectivity index (χ3v) is 3.86. The minimum Gasteiger partial charge on any atom is -0.328 e. The standard InChI is InChI=1S/C12H24N2OS/c1-9(13(3)4)5-8-12(16)14(10(2)15)11-6-7-11/h9,11-12,16H,5-8H2,1-4H3. The molecule has 0 aromatic rings. The predicted octanol–water partition coefficient (Wildman–Crippen LogP) is 1.98. The van der Waals surface area contributed by atoms with Crippen LogP contribution in [0.1, 0.15) is 39.5 Å². The Labute approximate surface area is 105 Å². The van der Waals surface area contributed by atoms with Crippen molar-refractivity contribution in [2.75, 3.05) is 14.1 Å². The number of thiol groups is 1. The summed E-state index contributed by atoms with van der Waals surface area (Å²) in [4.78, 5) is 15.7. The van der Waals surface area contributed by atoms with E-state index in [9.17, 15) is 4.79 Å². The number of rotatable bonds is 6. The zero-order chi connectivity index (χ0) is 12.3. The molecule has 0 heterocycles. The van der Waals surface area contributed by atoms with Crippen LogP contribution in [-0.2, 0) is 4.79 Å². The van der Waals surface area contributed by atoms with Crippen molar-refractivity contribution >= 4 is 18.5 Å². The number of nitrogens with zero attached hydrogens (tertiary/aromatic N) is 2. The van der Waals surface area contributed by atoms with Crippen molar-refractivity contribution in [3.05, 3.63) is 0 Å². The van der Waals surface area contributed by atoms with Crippen molar-refractivity contribution in [1.82, 2.24) is 9.80 Å². The van der Waals surface area contributed by atoms with Crippen LogP contribution in [0.4, 0.5) is 0 Å². The van der Waals surface area contributed by atoms with Gasteiger partial charge in [-0.2, -0.15) is 12.6 Å². The van der Waals surface area contributed by atoms with Gasteiger partial charge in [-0.15, -0.1) is 0 Å². The van der Waals surface area contributed by atoms with Gasteiger partial charge in [0.05, 0.1) is 5.37 Å². The molecule has 3 nitrogen and oxygen atoms in total. The molecular formula is C12H24N2OS. The molecule has 2 atom stereocenters. The van der Waals surface area contributed by atoms with Gasteiger partial charge in [-0.25, -0.2) is 0 Å². The Morgan fingerprint density at radius 2 is 1.94 bits per heavy atom. The summed E-state index contributed by atoms with van der Waals surface area (Å²) in [6.45, 7) is 3.85. The first-order chi connectivity index (χ1) is 7.43. The molecule has 4 heteroatoms. The van der Waals surface area contributed by atoms with E-state index in [1.165, 1.54) is 0 Å². The average Bonchev–Trinajstić information content (AvgIpc) is 2.97. The fourth-order valence-electron chi connectivity index (χ4n) is 1.85. The Morgan fingerprint density at radius 1 is 1.38 bits per heavy atom. The first-order valence-electron chi connectivity index (χ1n) is 6.07. The second kappa shape index (κ2) is 5.92. The Hall–Kier alpha value is -0.220. The molecule has 1 saturated carbocycles. The average molecular weight is 244 g/mol. The molecule has 94 valence electrons. The van der Waals surface area contributed by atoms with E-state index in [0.717, 1.165) is 25.7 Å². The first-order valence-corrected chi connectivity index (χ1v) is 6.58. The van der Waals surface area contributed by atoms with Gasteiger partial charge in [-0.05, 0) is 46.7 Å². The van der Waals surface area contributed by atoms with Crippen molar-refractivity contribution in [3.63, 3.8) is 0 Å². The molecular weight excluding hydrogens is 220 g/mol. The van der Waals surface area contributed by atoms with Gasteiger partial charge in [0.2, 0.25) is 5.91 Å². The van der Waals surface area contributed by atoms with Crippen molar-refractivity contribution in [1.29, 1.82) is 0 Å². The Morgan fingerprint density at radius 3 is 2.31 bits per heavy atom. The molecule has 0 radical (unpaired) electrons. The molecule has 0 aliphatic heterocycles. The topological polar surface area (TPSA) is 23.6 Å². The van der Waals surface area contributed by atoms with Gasteiger partial charge >= 0.3 is 0 Å². The van der Waals surface area contributed by atoms with E-state index in [1.54, 1.807) is 6.92 Å². The van der Waals surface area contributed by atoms with Crippen LogP contribution >= 0.6 is 12.6 Å². The molecule has 0 N–H and O–H groups in total. The summed E-state index contributed by atoms with van der Waals surface area (Å²) in [5, 5.41) is 0.0902. The van der Waals surface area contributed by atoms with E-state index in [4.69, 9.17) is 0 Å². The van der Waals surface area contributed by atoms with Crippen molar-refractivity contribution in [2.24, 2.45) is 0 Å². The molecule has 1 aliphatic rings. The van der Waals surface area contributed by atoms with E-state index in [2.05, 4.69) is 38.5 Å². The highest BCUT2D eigenvalue weighted by molar-refractivity contribution is 7.80. The minimum absolute atomic E-state index is 0.0902. The lowest BCUT2D eigenvalue weighted by molar-refractivity contribution is -0.130. The summed E-state index contributed by atoms with van der Waals surface area (Å²) < 4.78 is 0. The van der Waals surface area contributed by atoms with Gasteiger partial charge in [0, 0.05) is 19.0 Å². The zero-order valence-corrected chi connectivity index (χ0v) is 11.7. The summed E-state index contributed by atoms with van der Waals surface area (Å²) in [6, 6.07) is 1.01. The summed E-state index contributed by atoms with van der Waals surface area (Å²) in [5.74, 6) is 0.167. The highest BCUT2D eigenvalue weighted by Crippen LogP contribution is 2.31. The van der Waals surface area contributed by atoms with Crippen LogP contribution in [0.15, 0.2) is 0 Å². The van der Waals surface area contributed by atoms with E-state index >= 15 is 0 Å². The van der Waals surface area contributed by atoms with Crippen molar-refractivity contribution in [2.45, 2.75) is 57.0 Å². The molecule has 1 amide bonds. The molecule has 1 aliphatic carbocycles. The summed E-state index contributed by atoms with van der Waals surface area (Å²) in [5.41, 5.74) is 0. The highest BCUT2D eigenvalue weighted by atomic mass is 32.1.